The van der Waals surface area contributed by atoms with Gasteiger partial charge in [0.05, 0.1) is 0 Å². The Labute approximate surface area is 125 Å². The molecule has 2 aliphatic carbocycles. The second-order valence-electron chi connectivity index (χ2n) is 6.36. The van der Waals surface area contributed by atoms with E-state index in [0.717, 1.165) is 25.7 Å². The summed E-state index contributed by atoms with van der Waals surface area (Å²) in [6.07, 6.45) is 4.26. The van der Waals surface area contributed by atoms with Crippen molar-refractivity contribution in [3.63, 3.8) is 0 Å². The van der Waals surface area contributed by atoms with Gasteiger partial charge in [0, 0.05) is 18.8 Å². The molecule has 21 heavy (non-hydrogen) atoms. The molecule has 2 fully saturated rings. The van der Waals surface area contributed by atoms with Gasteiger partial charge in [0.15, 0.2) is 0 Å². The lowest BCUT2D eigenvalue weighted by Crippen LogP contribution is -2.35. The maximum atomic E-state index is 14.3. The number of benzene rings is 1. The Morgan fingerprint density at radius 3 is 2.19 bits per heavy atom. The summed E-state index contributed by atoms with van der Waals surface area (Å²) in [6, 6.07) is 2.70. The Morgan fingerprint density at radius 2 is 1.71 bits per heavy atom. The molecule has 3 rings (SSSR count). The summed E-state index contributed by atoms with van der Waals surface area (Å²) in [4.78, 5) is -0.277. The smallest absolute Gasteiger partial charge is 0.246 e. The summed E-state index contributed by atoms with van der Waals surface area (Å²) in [5.41, 5.74) is 6.26. The highest BCUT2D eigenvalue weighted by atomic mass is 32.2. The van der Waals surface area contributed by atoms with Gasteiger partial charge in [-0.3, -0.25) is 0 Å². The average Bonchev–Trinajstić information content (AvgIpc) is 3.27. The fraction of sp³-hybridized carbons (Fsp3) is 0.600. The number of sulfonamides is 1. The van der Waals surface area contributed by atoms with Crippen LogP contribution < -0.4 is 5.73 Å². The van der Waals surface area contributed by atoms with E-state index in [9.17, 15) is 12.8 Å². The SMILES string of the molecule is Cc1cc(N)cc(S(=O)(=O)N(CC2CC2)CC2CC2)c1F. The summed E-state index contributed by atoms with van der Waals surface area (Å²) < 4.78 is 41.4. The van der Waals surface area contributed by atoms with E-state index in [1.54, 1.807) is 0 Å². The zero-order chi connectivity index (χ0) is 15.2. The van der Waals surface area contributed by atoms with Crippen molar-refractivity contribution < 1.29 is 12.8 Å². The normalized spacial score (nSPS) is 19.2. The van der Waals surface area contributed by atoms with Crippen LogP contribution in [0.15, 0.2) is 17.0 Å². The van der Waals surface area contributed by atoms with Crippen LogP contribution in [-0.4, -0.2) is 25.8 Å². The van der Waals surface area contributed by atoms with E-state index in [-0.39, 0.29) is 16.1 Å². The van der Waals surface area contributed by atoms with E-state index < -0.39 is 15.8 Å². The van der Waals surface area contributed by atoms with Crippen molar-refractivity contribution >= 4 is 15.7 Å². The summed E-state index contributed by atoms with van der Waals surface area (Å²) in [5, 5.41) is 0. The standard InChI is InChI=1S/C15H21FN2O2S/c1-10-6-13(17)7-14(15(10)16)21(19,20)18(8-11-2-3-11)9-12-4-5-12/h6-7,11-12H,2-5,8-9,17H2,1H3. The molecule has 0 heterocycles. The highest BCUT2D eigenvalue weighted by Crippen LogP contribution is 2.36. The minimum Gasteiger partial charge on any atom is -0.399 e. The van der Waals surface area contributed by atoms with Gasteiger partial charge in [0.1, 0.15) is 10.7 Å². The van der Waals surface area contributed by atoms with Gasteiger partial charge in [0.25, 0.3) is 0 Å². The Morgan fingerprint density at radius 1 is 1.19 bits per heavy atom. The van der Waals surface area contributed by atoms with Crippen LogP contribution >= 0.6 is 0 Å². The van der Waals surface area contributed by atoms with Crippen molar-refractivity contribution in [3.05, 3.63) is 23.5 Å². The van der Waals surface area contributed by atoms with Gasteiger partial charge in [-0.25, -0.2) is 12.8 Å². The third-order valence-electron chi connectivity index (χ3n) is 4.18. The van der Waals surface area contributed by atoms with E-state index in [0.29, 0.717) is 24.9 Å². The minimum absolute atomic E-state index is 0.270. The quantitative estimate of drug-likeness (QED) is 0.821. The summed E-state index contributed by atoms with van der Waals surface area (Å²) >= 11 is 0. The first-order valence-electron chi connectivity index (χ1n) is 7.43. The molecule has 2 aliphatic rings. The number of hydrogen-bond acceptors (Lipinski definition) is 3. The maximum Gasteiger partial charge on any atom is 0.246 e. The van der Waals surface area contributed by atoms with E-state index in [1.165, 1.54) is 23.4 Å². The first-order valence-corrected chi connectivity index (χ1v) is 8.87. The number of halogens is 1. The number of anilines is 1. The lowest BCUT2D eigenvalue weighted by atomic mass is 10.2. The fourth-order valence-corrected chi connectivity index (χ4v) is 4.30. The summed E-state index contributed by atoms with van der Waals surface area (Å²) in [6.45, 7) is 2.55. The van der Waals surface area contributed by atoms with Crippen LogP contribution in [0, 0.1) is 24.6 Å². The molecule has 0 aliphatic heterocycles. The largest absolute Gasteiger partial charge is 0.399 e. The molecular formula is C15H21FN2O2S. The second kappa shape index (κ2) is 5.25. The van der Waals surface area contributed by atoms with Crippen molar-refractivity contribution in [1.82, 2.24) is 4.31 Å². The molecule has 0 spiro atoms. The third kappa shape index (κ3) is 3.21. The Kier molecular flexibility index (Phi) is 3.69. The molecule has 6 heteroatoms. The Balaban J connectivity index is 1.95. The van der Waals surface area contributed by atoms with E-state index in [1.807, 2.05) is 0 Å². The summed E-state index contributed by atoms with van der Waals surface area (Å²) in [5.74, 6) is 0.188. The minimum atomic E-state index is -3.81. The first-order chi connectivity index (χ1) is 9.88. The molecule has 0 radical (unpaired) electrons. The fourth-order valence-electron chi connectivity index (χ4n) is 2.54. The number of aryl methyl sites for hydroxylation is 1. The van der Waals surface area contributed by atoms with Crippen LogP contribution in [0.4, 0.5) is 10.1 Å². The average molecular weight is 312 g/mol. The number of rotatable bonds is 6. The van der Waals surface area contributed by atoms with E-state index in [4.69, 9.17) is 5.73 Å². The molecule has 4 nitrogen and oxygen atoms in total. The number of nitrogens with zero attached hydrogens (tertiary/aromatic N) is 1. The van der Waals surface area contributed by atoms with Crippen LogP contribution in [0.3, 0.4) is 0 Å². The molecule has 0 aromatic heterocycles. The van der Waals surface area contributed by atoms with E-state index >= 15 is 0 Å². The van der Waals surface area contributed by atoms with Crippen molar-refractivity contribution in [1.29, 1.82) is 0 Å². The molecule has 0 amide bonds. The molecule has 0 atom stereocenters. The third-order valence-corrected chi connectivity index (χ3v) is 6.01. The number of hydrogen-bond donors (Lipinski definition) is 1. The molecule has 0 bridgehead atoms. The molecule has 0 saturated heterocycles. The van der Waals surface area contributed by atoms with Crippen molar-refractivity contribution in [3.8, 4) is 0 Å². The Bertz CT molecular complexity index is 638. The second-order valence-corrected chi connectivity index (χ2v) is 8.27. The zero-order valence-electron chi connectivity index (χ0n) is 12.2. The van der Waals surface area contributed by atoms with Crippen molar-refractivity contribution in [2.75, 3.05) is 18.8 Å². The van der Waals surface area contributed by atoms with Gasteiger partial charge < -0.3 is 5.73 Å². The van der Waals surface area contributed by atoms with Gasteiger partial charge in [-0.2, -0.15) is 4.31 Å². The van der Waals surface area contributed by atoms with Gasteiger partial charge in [0.2, 0.25) is 10.0 Å². The van der Waals surface area contributed by atoms with Crippen LogP contribution in [0.5, 0.6) is 0 Å². The number of nitrogen functional groups attached to an aromatic ring is 1. The van der Waals surface area contributed by atoms with Gasteiger partial charge in [-0.15, -0.1) is 0 Å². The maximum absolute atomic E-state index is 14.3. The lowest BCUT2D eigenvalue weighted by Gasteiger charge is -2.23. The molecule has 1 aromatic rings. The van der Waals surface area contributed by atoms with Crippen LogP contribution in [0.1, 0.15) is 31.2 Å². The first kappa shape index (κ1) is 14.8. The topological polar surface area (TPSA) is 63.4 Å². The Hall–Kier alpha value is -1.14. The highest BCUT2D eigenvalue weighted by Gasteiger charge is 2.37. The van der Waals surface area contributed by atoms with Crippen LogP contribution in [0.2, 0.25) is 0 Å². The summed E-state index contributed by atoms with van der Waals surface area (Å²) in [7, 11) is -3.81. The zero-order valence-corrected chi connectivity index (χ0v) is 13.0. The van der Waals surface area contributed by atoms with Gasteiger partial charge in [-0.1, -0.05) is 0 Å². The monoisotopic (exact) mass is 312 g/mol. The molecule has 0 unspecified atom stereocenters. The van der Waals surface area contributed by atoms with Gasteiger partial charge in [-0.05, 0) is 62.1 Å². The molecule has 2 N–H and O–H groups in total. The molecule has 1 aromatic carbocycles. The predicted octanol–water partition coefficient (Wildman–Crippen LogP) is 2.53. The predicted molar refractivity (Wildman–Crippen MR) is 79.8 cm³/mol. The van der Waals surface area contributed by atoms with Crippen molar-refractivity contribution in [2.45, 2.75) is 37.5 Å². The number of nitrogens with two attached hydrogens (primary N) is 1. The van der Waals surface area contributed by atoms with Crippen LogP contribution in [-0.2, 0) is 10.0 Å². The molecular weight excluding hydrogens is 291 g/mol. The van der Waals surface area contributed by atoms with Crippen LogP contribution in [0.25, 0.3) is 0 Å². The lowest BCUT2D eigenvalue weighted by molar-refractivity contribution is 0.379. The van der Waals surface area contributed by atoms with Gasteiger partial charge >= 0.3 is 0 Å². The highest BCUT2D eigenvalue weighted by molar-refractivity contribution is 7.89. The molecule has 2 saturated carbocycles. The van der Waals surface area contributed by atoms with E-state index in [2.05, 4.69) is 0 Å². The van der Waals surface area contributed by atoms with Crippen molar-refractivity contribution in [2.24, 2.45) is 11.8 Å². The molecule has 116 valence electrons.